The molecular weight excluding hydrogens is 246 g/mol. The van der Waals surface area contributed by atoms with Gasteiger partial charge in [-0.3, -0.25) is 4.68 Å². The molecule has 0 aliphatic heterocycles. The maximum Gasteiger partial charge on any atom is 0.341 e. The fourth-order valence-electron chi connectivity index (χ4n) is 1.76. The summed E-state index contributed by atoms with van der Waals surface area (Å²) in [6, 6.07) is 0. The van der Waals surface area contributed by atoms with Crippen molar-refractivity contribution in [3.8, 4) is 0 Å². The Bertz CT molecular complexity index is 390. The first-order valence-corrected chi connectivity index (χ1v) is 6.58. The highest BCUT2D eigenvalue weighted by atomic mass is 16.5. The van der Waals surface area contributed by atoms with E-state index in [4.69, 9.17) is 9.47 Å². The van der Waals surface area contributed by atoms with Crippen LogP contribution < -0.4 is 5.32 Å². The lowest BCUT2D eigenvalue weighted by Crippen LogP contribution is -2.20. The van der Waals surface area contributed by atoms with Crippen LogP contribution in [0.3, 0.4) is 0 Å². The lowest BCUT2D eigenvalue weighted by atomic mass is 10.2. The summed E-state index contributed by atoms with van der Waals surface area (Å²) >= 11 is 0. The van der Waals surface area contributed by atoms with Crippen molar-refractivity contribution < 1.29 is 14.3 Å². The van der Waals surface area contributed by atoms with Gasteiger partial charge in [0.15, 0.2) is 0 Å². The van der Waals surface area contributed by atoms with Crippen LogP contribution in [-0.4, -0.2) is 42.6 Å². The Morgan fingerprint density at radius 1 is 1.47 bits per heavy atom. The number of carbonyl (C=O) groups excluding carboxylic acids is 1. The number of aromatic nitrogens is 2. The summed E-state index contributed by atoms with van der Waals surface area (Å²) in [7, 11) is 3.53. The number of rotatable bonds is 9. The molecule has 0 amide bonds. The van der Waals surface area contributed by atoms with Crippen molar-refractivity contribution in [2.24, 2.45) is 7.05 Å². The predicted octanol–water partition coefficient (Wildman–Crippen LogP) is 1.11. The number of nitrogens with zero attached hydrogens (tertiary/aromatic N) is 2. The minimum Gasteiger partial charge on any atom is -0.462 e. The van der Waals surface area contributed by atoms with Crippen molar-refractivity contribution in [2.75, 3.05) is 26.9 Å². The predicted molar refractivity (Wildman–Crippen MR) is 72.0 cm³/mol. The summed E-state index contributed by atoms with van der Waals surface area (Å²) in [4.78, 5) is 11.7. The fourth-order valence-corrected chi connectivity index (χ4v) is 1.76. The topological polar surface area (TPSA) is 65.4 Å². The zero-order chi connectivity index (χ0) is 14.1. The Hall–Kier alpha value is -1.40. The maximum absolute atomic E-state index is 11.7. The molecule has 1 aromatic heterocycles. The number of unbranched alkanes of at least 4 members (excludes halogenated alkanes) is 1. The van der Waals surface area contributed by atoms with Crippen molar-refractivity contribution in [1.82, 2.24) is 15.1 Å². The maximum atomic E-state index is 11.7. The number of esters is 1. The molecule has 1 aromatic rings. The lowest BCUT2D eigenvalue weighted by Gasteiger charge is -2.07. The number of hydrogen-bond acceptors (Lipinski definition) is 5. The summed E-state index contributed by atoms with van der Waals surface area (Å²) in [5, 5.41) is 7.40. The van der Waals surface area contributed by atoms with Crippen LogP contribution in [0.15, 0.2) is 6.20 Å². The number of aryl methyl sites for hydroxylation is 1. The van der Waals surface area contributed by atoms with Crippen molar-refractivity contribution in [3.05, 3.63) is 17.5 Å². The fraction of sp³-hybridized carbons (Fsp3) is 0.692. The molecule has 0 saturated carbocycles. The van der Waals surface area contributed by atoms with Crippen LogP contribution in [0.2, 0.25) is 0 Å². The number of methoxy groups -OCH3 is 1. The van der Waals surface area contributed by atoms with Crippen LogP contribution in [0.1, 0.15) is 35.8 Å². The van der Waals surface area contributed by atoms with Crippen LogP contribution >= 0.6 is 0 Å². The van der Waals surface area contributed by atoms with E-state index in [-0.39, 0.29) is 5.97 Å². The average Bonchev–Trinajstić information content (AvgIpc) is 2.76. The Morgan fingerprint density at radius 2 is 2.26 bits per heavy atom. The third kappa shape index (κ3) is 5.00. The highest BCUT2D eigenvalue weighted by Crippen LogP contribution is 2.09. The van der Waals surface area contributed by atoms with Gasteiger partial charge in [-0.05, 0) is 26.3 Å². The first-order chi connectivity index (χ1) is 9.20. The largest absolute Gasteiger partial charge is 0.462 e. The van der Waals surface area contributed by atoms with Crippen LogP contribution in [0.5, 0.6) is 0 Å². The van der Waals surface area contributed by atoms with E-state index in [1.165, 1.54) is 0 Å². The molecule has 0 unspecified atom stereocenters. The number of ether oxygens (including phenoxy) is 2. The zero-order valence-corrected chi connectivity index (χ0v) is 11.9. The summed E-state index contributed by atoms with van der Waals surface area (Å²) in [6.45, 7) is 4.44. The molecule has 1 N–H and O–H groups in total. The van der Waals surface area contributed by atoms with Gasteiger partial charge in [0, 0.05) is 27.3 Å². The Morgan fingerprint density at radius 3 is 2.95 bits per heavy atom. The first-order valence-electron chi connectivity index (χ1n) is 6.58. The summed E-state index contributed by atoms with van der Waals surface area (Å²) in [5.41, 5.74) is 1.39. The normalized spacial score (nSPS) is 10.7. The molecule has 0 spiro atoms. The number of nitrogens with one attached hydrogen (secondary N) is 1. The summed E-state index contributed by atoms with van der Waals surface area (Å²) < 4.78 is 11.7. The number of carbonyl (C=O) groups is 1. The molecule has 0 atom stereocenters. The van der Waals surface area contributed by atoms with E-state index in [2.05, 4.69) is 10.4 Å². The second-order valence-electron chi connectivity index (χ2n) is 4.23. The van der Waals surface area contributed by atoms with Gasteiger partial charge in [0.25, 0.3) is 0 Å². The molecule has 6 heteroatoms. The molecule has 108 valence electrons. The van der Waals surface area contributed by atoms with Gasteiger partial charge in [-0.1, -0.05) is 0 Å². The lowest BCUT2D eigenvalue weighted by molar-refractivity contribution is 0.0524. The van der Waals surface area contributed by atoms with E-state index in [9.17, 15) is 4.79 Å². The van der Waals surface area contributed by atoms with Crippen molar-refractivity contribution >= 4 is 5.97 Å². The molecule has 1 rings (SSSR count). The van der Waals surface area contributed by atoms with Crippen LogP contribution in [0.25, 0.3) is 0 Å². The van der Waals surface area contributed by atoms with Gasteiger partial charge in [-0.25, -0.2) is 4.79 Å². The van der Waals surface area contributed by atoms with E-state index in [0.29, 0.717) is 18.7 Å². The minimum absolute atomic E-state index is 0.313. The molecule has 0 fully saturated rings. The van der Waals surface area contributed by atoms with E-state index in [1.54, 1.807) is 24.9 Å². The smallest absolute Gasteiger partial charge is 0.341 e. The van der Waals surface area contributed by atoms with E-state index in [0.717, 1.165) is 31.7 Å². The monoisotopic (exact) mass is 269 g/mol. The number of hydrogen-bond donors (Lipinski definition) is 1. The minimum atomic E-state index is -0.313. The van der Waals surface area contributed by atoms with Gasteiger partial charge >= 0.3 is 5.97 Å². The van der Waals surface area contributed by atoms with Crippen molar-refractivity contribution in [1.29, 1.82) is 0 Å². The van der Waals surface area contributed by atoms with Crippen molar-refractivity contribution in [3.63, 3.8) is 0 Å². The molecular formula is C13H23N3O3. The van der Waals surface area contributed by atoms with Gasteiger partial charge in [0.2, 0.25) is 0 Å². The molecule has 0 saturated heterocycles. The Kier molecular flexibility index (Phi) is 7.14. The molecule has 0 aliphatic carbocycles. The van der Waals surface area contributed by atoms with Gasteiger partial charge < -0.3 is 14.8 Å². The Labute approximate surface area is 114 Å². The third-order valence-corrected chi connectivity index (χ3v) is 2.80. The molecule has 1 heterocycles. The highest BCUT2D eigenvalue weighted by molar-refractivity contribution is 5.90. The highest BCUT2D eigenvalue weighted by Gasteiger charge is 2.16. The van der Waals surface area contributed by atoms with Crippen molar-refractivity contribution in [2.45, 2.75) is 26.3 Å². The van der Waals surface area contributed by atoms with E-state index >= 15 is 0 Å². The SMILES string of the molecule is CCOC(=O)c1cnn(C)c1CNCCCCOC. The molecule has 0 bridgehead atoms. The second kappa shape index (κ2) is 8.66. The van der Waals surface area contributed by atoms with Gasteiger partial charge in [-0.2, -0.15) is 5.10 Å². The van der Waals surface area contributed by atoms with Crippen LogP contribution in [0, 0.1) is 0 Å². The molecule has 0 aromatic carbocycles. The van der Waals surface area contributed by atoms with E-state index < -0.39 is 0 Å². The van der Waals surface area contributed by atoms with E-state index in [1.807, 2.05) is 7.05 Å². The second-order valence-corrected chi connectivity index (χ2v) is 4.23. The first kappa shape index (κ1) is 15.7. The Balaban J connectivity index is 2.44. The molecule has 0 aliphatic rings. The molecule has 6 nitrogen and oxygen atoms in total. The van der Waals surface area contributed by atoms with Crippen LogP contribution in [0.4, 0.5) is 0 Å². The van der Waals surface area contributed by atoms with Gasteiger partial charge in [-0.15, -0.1) is 0 Å². The van der Waals surface area contributed by atoms with Gasteiger partial charge in [0.1, 0.15) is 5.56 Å². The van der Waals surface area contributed by atoms with Crippen LogP contribution in [-0.2, 0) is 23.1 Å². The average molecular weight is 269 g/mol. The summed E-state index contributed by atoms with van der Waals surface area (Å²) in [5.74, 6) is -0.313. The summed E-state index contributed by atoms with van der Waals surface area (Å²) in [6.07, 6.45) is 3.62. The third-order valence-electron chi connectivity index (χ3n) is 2.80. The quantitative estimate of drug-likeness (QED) is 0.537. The molecule has 19 heavy (non-hydrogen) atoms. The molecule has 0 radical (unpaired) electrons. The standard InChI is InChI=1S/C13H23N3O3/c1-4-19-13(17)11-9-15-16(2)12(11)10-14-7-5-6-8-18-3/h9,14H,4-8,10H2,1-3H3. The zero-order valence-electron chi connectivity index (χ0n) is 11.9. The van der Waals surface area contributed by atoms with Gasteiger partial charge in [0.05, 0.1) is 18.5 Å².